The lowest BCUT2D eigenvalue weighted by atomic mass is 9.73. The molecule has 3 aromatic heterocycles. The molecule has 57 heavy (non-hydrogen) atoms. The lowest BCUT2D eigenvalue weighted by Gasteiger charge is -2.42. The van der Waals surface area contributed by atoms with Crippen molar-refractivity contribution in [3.8, 4) is 22.3 Å². The van der Waals surface area contributed by atoms with Crippen LogP contribution in [0.3, 0.4) is 0 Å². The molecule has 2 aliphatic rings. The van der Waals surface area contributed by atoms with E-state index in [0.29, 0.717) is 11.4 Å². The van der Waals surface area contributed by atoms with Crippen LogP contribution in [-0.2, 0) is 10.8 Å². The summed E-state index contributed by atoms with van der Waals surface area (Å²) in [5, 5.41) is 1.89. The van der Waals surface area contributed by atoms with E-state index in [-0.39, 0.29) is 10.8 Å². The topological polar surface area (TPSA) is 45.4 Å². The highest BCUT2D eigenvalue weighted by Gasteiger charge is 2.37. The van der Waals surface area contributed by atoms with E-state index in [9.17, 15) is 0 Å². The number of benzene rings is 6. The van der Waals surface area contributed by atoms with Crippen LogP contribution < -0.4 is 9.80 Å². The number of anilines is 6. The van der Waals surface area contributed by atoms with Crippen molar-refractivity contribution in [2.24, 2.45) is 0 Å². The number of para-hydroxylation sites is 4. The molecule has 0 radical (unpaired) electrons. The largest absolute Gasteiger partial charge is 0.419 e. The number of nitrogens with zero attached hydrogens (tertiary/aromatic N) is 4. The predicted octanol–water partition coefficient (Wildman–Crippen LogP) is 13.9. The third-order valence-corrected chi connectivity index (χ3v) is 12.4. The highest BCUT2D eigenvalue weighted by Crippen LogP contribution is 2.53. The van der Waals surface area contributed by atoms with Gasteiger partial charge in [0.15, 0.2) is 0 Å². The van der Waals surface area contributed by atoms with Gasteiger partial charge in [0.2, 0.25) is 11.4 Å². The molecule has 0 spiro atoms. The molecule has 5 heteroatoms. The summed E-state index contributed by atoms with van der Waals surface area (Å²) in [5.41, 5.74) is 17.6. The summed E-state index contributed by atoms with van der Waals surface area (Å²) in [4.78, 5) is 14.3. The van der Waals surface area contributed by atoms with Crippen molar-refractivity contribution in [1.29, 1.82) is 0 Å². The molecule has 0 saturated heterocycles. The van der Waals surface area contributed by atoms with Crippen LogP contribution in [0.4, 0.5) is 34.1 Å². The molecule has 0 saturated carbocycles. The fourth-order valence-electron chi connectivity index (χ4n) is 9.36. The molecule has 274 valence electrons. The monoisotopic (exact) mass is 736 g/mol. The molecule has 11 rings (SSSR count). The number of fused-ring (bicyclic) bond motifs is 7. The van der Waals surface area contributed by atoms with Crippen LogP contribution in [0, 0.1) is 0 Å². The Bertz CT molecular complexity index is 2730. The Kier molecular flexibility index (Phi) is 7.18. The summed E-state index contributed by atoms with van der Waals surface area (Å²) in [6.07, 6.45) is 3.79. The van der Waals surface area contributed by atoms with Gasteiger partial charge in [0, 0.05) is 45.7 Å². The first-order chi connectivity index (χ1) is 27.8. The van der Waals surface area contributed by atoms with E-state index >= 15 is 0 Å². The van der Waals surface area contributed by atoms with E-state index in [1.54, 1.807) is 0 Å². The Morgan fingerprint density at radius 2 is 0.702 bits per heavy atom. The minimum absolute atomic E-state index is 0.0964. The third kappa shape index (κ3) is 5.01. The maximum atomic E-state index is 6.16. The van der Waals surface area contributed by atoms with Crippen LogP contribution in [0.1, 0.15) is 49.9 Å². The van der Waals surface area contributed by atoms with Gasteiger partial charge >= 0.3 is 0 Å². The summed E-state index contributed by atoms with van der Waals surface area (Å²) in [7, 11) is 0. The average Bonchev–Trinajstić information content (AvgIpc) is 3.62. The maximum Gasteiger partial charge on any atom is 0.229 e. The van der Waals surface area contributed by atoms with Gasteiger partial charge < -0.3 is 14.2 Å². The zero-order valence-electron chi connectivity index (χ0n) is 32.4. The Morgan fingerprint density at radius 3 is 1.04 bits per heavy atom. The van der Waals surface area contributed by atoms with E-state index in [1.165, 1.54) is 45.0 Å². The molecule has 0 atom stereocenters. The van der Waals surface area contributed by atoms with E-state index in [0.717, 1.165) is 44.4 Å². The van der Waals surface area contributed by atoms with Crippen LogP contribution in [0.5, 0.6) is 0 Å². The minimum Gasteiger partial charge on any atom is -0.419 e. The lowest BCUT2D eigenvalue weighted by Crippen LogP contribution is -2.30. The number of pyridine rings is 2. The zero-order valence-corrected chi connectivity index (χ0v) is 32.4. The van der Waals surface area contributed by atoms with Crippen molar-refractivity contribution in [3.63, 3.8) is 0 Å². The normalized spacial score (nSPS) is 14.9. The van der Waals surface area contributed by atoms with Gasteiger partial charge in [-0.1, -0.05) is 125 Å². The van der Waals surface area contributed by atoms with Gasteiger partial charge in [-0.3, -0.25) is 0 Å². The van der Waals surface area contributed by atoms with Crippen LogP contribution in [0.15, 0.2) is 175 Å². The minimum atomic E-state index is -0.0964. The zero-order chi connectivity index (χ0) is 38.5. The second kappa shape index (κ2) is 12.3. The van der Waals surface area contributed by atoms with Crippen molar-refractivity contribution >= 4 is 56.3 Å². The molecule has 0 aliphatic carbocycles. The van der Waals surface area contributed by atoms with Crippen LogP contribution >= 0.6 is 0 Å². The Labute approximate surface area is 332 Å². The second-order valence-electron chi connectivity index (χ2n) is 16.3. The second-order valence-corrected chi connectivity index (χ2v) is 16.3. The summed E-state index contributed by atoms with van der Waals surface area (Å²) < 4.78 is 6.16. The van der Waals surface area contributed by atoms with Gasteiger partial charge in [-0.25, -0.2) is 9.97 Å². The van der Waals surface area contributed by atoms with Crippen LogP contribution in [0.25, 0.3) is 44.5 Å². The first kappa shape index (κ1) is 33.4. The molecule has 2 aliphatic heterocycles. The van der Waals surface area contributed by atoms with Gasteiger partial charge in [0.1, 0.15) is 0 Å². The van der Waals surface area contributed by atoms with E-state index < -0.39 is 0 Å². The first-order valence-electron chi connectivity index (χ1n) is 19.6. The Hall–Kier alpha value is -6.98. The van der Waals surface area contributed by atoms with Crippen molar-refractivity contribution in [3.05, 3.63) is 192 Å². The molecule has 0 fully saturated rings. The summed E-state index contributed by atoms with van der Waals surface area (Å²) >= 11 is 0. The highest BCUT2D eigenvalue weighted by atomic mass is 16.3. The van der Waals surface area contributed by atoms with Crippen molar-refractivity contribution < 1.29 is 4.42 Å². The van der Waals surface area contributed by atoms with Crippen molar-refractivity contribution in [2.75, 3.05) is 9.80 Å². The quantitative estimate of drug-likeness (QED) is 0.180. The Balaban J connectivity index is 0.929. The Morgan fingerprint density at radius 1 is 0.386 bits per heavy atom. The van der Waals surface area contributed by atoms with Crippen molar-refractivity contribution in [2.45, 2.75) is 38.5 Å². The fraction of sp³-hybridized carbons (Fsp3) is 0.115. The molecule has 0 unspecified atom stereocenters. The number of hydrogen-bond acceptors (Lipinski definition) is 5. The van der Waals surface area contributed by atoms with Crippen molar-refractivity contribution in [1.82, 2.24) is 9.97 Å². The molecular formula is C52H40N4O. The summed E-state index contributed by atoms with van der Waals surface area (Å²) in [5.74, 6) is 0. The summed E-state index contributed by atoms with van der Waals surface area (Å²) in [6.45, 7) is 9.27. The molecule has 5 heterocycles. The van der Waals surface area contributed by atoms with E-state index in [1.807, 2.05) is 12.4 Å². The van der Waals surface area contributed by atoms with Gasteiger partial charge in [-0.2, -0.15) is 0 Å². The SMILES string of the molecule is CC1(C)c2ccccc2N(c2ccc(-c3cnc4oc5ncc(-c6ccc(N7c8ccccc8C(C)(C)c8ccccc87)cc6)cc5c4c3)cc2)c2ccccc21. The van der Waals surface area contributed by atoms with Gasteiger partial charge in [-0.05, 0) is 94.0 Å². The third-order valence-electron chi connectivity index (χ3n) is 12.4. The van der Waals surface area contributed by atoms with Crippen LogP contribution in [-0.4, -0.2) is 9.97 Å². The smallest absolute Gasteiger partial charge is 0.229 e. The van der Waals surface area contributed by atoms with Crippen LogP contribution in [0.2, 0.25) is 0 Å². The molecule has 6 aromatic carbocycles. The van der Waals surface area contributed by atoms with E-state index in [2.05, 4.69) is 195 Å². The molecular weight excluding hydrogens is 697 g/mol. The molecule has 0 bridgehead atoms. The van der Waals surface area contributed by atoms with Gasteiger partial charge in [0.05, 0.1) is 33.5 Å². The van der Waals surface area contributed by atoms with Gasteiger partial charge in [0.25, 0.3) is 0 Å². The number of aromatic nitrogens is 2. The number of rotatable bonds is 4. The van der Waals surface area contributed by atoms with E-state index in [4.69, 9.17) is 14.4 Å². The predicted molar refractivity (Wildman–Crippen MR) is 234 cm³/mol. The molecule has 0 N–H and O–H groups in total. The highest BCUT2D eigenvalue weighted by molar-refractivity contribution is 6.05. The molecule has 0 amide bonds. The lowest BCUT2D eigenvalue weighted by molar-refractivity contribution is 0.632. The summed E-state index contributed by atoms with van der Waals surface area (Å²) in [6, 6.07) is 57.0. The van der Waals surface area contributed by atoms with Gasteiger partial charge in [-0.15, -0.1) is 0 Å². The average molecular weight is 737 g/mol. The molecule has 5 nitrogen and oxygen atoms in total. The number of furan rings is 1. The number of hydrogen-bond donors (Lipinski definition) is 0. The maximum absolute atomic E-state index is 6.16. The fourth-order valence-corrected chi connectivity index (χ4v) is 9.36. The first-order valence-corrected chi connectivity index (χ1v) is 19.6. The molecule has 9 aromatic rings. The standard InChI is InChI=1S/C52H40N4O/c1-51(2)41-13-5-9-17-45(41)55(46-18-10-6-14-42(46)51)37-25-21-33(22-26-37)35-29-39-40-30-36(32-54-50(40)57-49(39)53-31-35)34-23-27-38(28-24-34)56-47-19-11-7-15-43(47)52(3,4)44-16-8-12-20-48(44)56/h5-32H,1-4H3.